The first-order valence-corrected chi connectivity index (χ1v) is 6.29. The van der Waals surface area contributed by atoms with Crippen molar-refractivity contribution in [3.8, 4) is 0 Å². The average molecular weight is 226 g/mol. The van der Waals surface area contributed by atoms with Crippen molar-refractivity contribution in [1.82, 2.24) is 9.80 Å². The van der Waals surface area contributed by atoms with Crippen LogP contribution in [0.3, 0.4) is 0 Å². The summed E-state index contributed by atoms with van der Waals surface area (Å²) in [7, 11) is 0. The average Bonchev–Trinajstić information content (AvgIpc) is 2.29. The molecule has 0 spiro atoms. The molecule has 0 unspecified atom stereocenters. The van der Waals surface area contributed by atoms with Gasteiger partial charge in [0.25, 0.3) is 0 Å². The predicted octanol–water partition coefficient (Wildman–Crippen LogP) is 0.718. The molecule has 0 aromatic heterocycles. The fraction of sp³-hybridized carbons (Fsp3) is 0.917. The zero-order valence-corrected chi connectivity index (χ0v) is 10.3. The third kappa shape index (κ3) is 2.55. The van der Waals surface area contributed by atoms with E-state index in [4.69, 9.17) is 4.74 Å². The number of nitrogens with zero attached hydrogens (tertiary/aromatic N) is 2. The van der Waals surface area contributed by atoms with Gasteiger partial charge < -0.3 is 9.64 Å². The Bertz CT molecular complexity index is 249. The summed E-state index contributed by atoms with van der Waals surface area (Å²) in [6.07, 6.45) is 2.16. The maximum absolute atomic E-state index is 11.9. The number of amides is 1. The quantitative estimate of drug-likeness (QED) is 0.695. The molecule has 16 heavy (non-hydrogen) atoms. The second-order valence-electron chi connectivity index (χ2n) is 4.99. The molecule has 0 bridgehead atoms. The van der Waals surface area contributed by atoms with E-state index >= 15 is 0 Å². The lowest BCUT2D eigenvalue weighted by Crippen LogP contribution is -2.56. The van der Waals surface area contributed by atoms with E-state index in [0.717, 1.165) is 39.1 Å². The van der Waals surface area contributed by atoms with Crippen LogP contribution in [0.25, 0.3) is 0 Å². The minimum absolute atomic E-state index is 0.285. The first kappa shape index (κ1) is 11.9. The molecule has 2 aliphatic rings. The van der Waals surface area contributed by atoms with Crippen LogP contribution in [0, 0.1) is 0 Å². The minimum Gasteiger partial charge on any atom is -0.381 e. The van der Waals surface area contributed by atoms with Crippen molar-refractivity contribution in [2.45, 2.75) is 38.8 Å². The van der Waals surface area contributed by atoms with Gasteiger partial charge in [-0.1, -0.05) is 0 Å². The molecule has 2 fully saturated rings. The van der Waals surface area contributed by atoms with E-state index in [-0.39, 0.29) is 5.91 Å². The number of hydrogen-bond donors (Lipinski definition) is 0. The first-order valence-electron chi connectivity index (χ1n) is 6.29. The molecule has 2 heterocycles. The van der Waals surface area contributed by atoms with Crippen LogP contribution >= 0.6 is 0 Å². The van der Waals surface area contributed by atoms with Gasteiger partial charge in [0.15, 0.2) is 0 Å². The molecular weight excluding hydrogens is 204 g/mol. The zero-order chi connectivity index (χ0) is 11.5. The van der Waals surface area contributed by atoms with Crippen molar-refractivity contribution in [3.05, 3.63) is 0 Å². The summed E-state index contributed by atoms with van der Waals surface area (Å²) in [6, 6.07) is 0.899. The van der Waals surface area contributed by atoms with Gasteiger partial charge in [0.1, 0.15) is 0 Å². The van der Waals surface area contributed by atoms with Gasteiger partial charge in [-0.25, -0.2) is 0 Å². The minimum atomic E-state index is 0.285. The fourth-order valence-electron chi connectivity index (χ4n) is 2.61. The van der Waals surface area contributed by atoms with Crippen molar-refractivity contribution in [3.63, 3.8) is 0 Å². The van der Waals surface area contributed by atoms with Crippen molar-refractivity contribution >= 4 is 5.91 Å². The highest BCUT2D eigenvalue weighted by Crippen LogP contribution is 2.17. The van der Waals surface area contributed by atoms with E-state index < -0.39 is 0 Å². The topological polar surface area (TPSA) is 32.8 Å². The molecule has 0 aromatic carbocycles. The molecule has 0 saturated carbocycles. The zero-order valence-electron chi connectivity index (χ0n) is 10.3. The van der Waals surface area contributed by atoms with E-state index in [1.807, 2.05) is 4.90 Å². The van der Waals surface area contributed by atoms with Gasteiger partial charge in [-0.3, -0.25) is 9.69 Å². The second-order valence-corrected chi connectivity index (χ2v) is 4.99. The van der Waals surface area contributed by atoms with Crippen LogP contribution in [0.5, 0.6) is 0 Å². The Balaban J connectivity index is 1.88. The Morgan fingerprint density at radius 2 is 1.94 bits per heavy atom. The summed E-state index contributed by atoms with van der Waals surface area (Å²) in [6.45, 7) is 8.38. The molecule has 92 valence electrons. The molecular formula is C12H22N2O2. The lowest BCUT2D eigenvalue weighted by molar-refractivity contribution is -0.139. The molecule has 2 saturated heterocycles. The summed E-state index contributed by atoms with van der Waals surface area (Å²) >= 11 is 0. The van der Waals surface area contributed by atoms with E-state index in [1.165, 1.54) is 0 Å². The van der Waals surface area contributed by atoms with Crippen molar-refractivity contribution in [2.24, 2.45) is 0 Å². The van der Waals surface area contributed by atoms with E-state index in [0.29, 0.717) is 18.6 Å². The summed E-state index contributed by atoms with van der Waals surface area (Å²) in [5.74, 6) is 0.285. The number of rotatable bonds is 2. The number of carbonyl (C=O) groups excluding carboxylic acids is 1. The van der Waals surface area contributed by atoms with Gasteiger partial charge in [-0.05, 0) is 26.7 Å². The predicted molar refractivity (Wildman–Crippen MR) is 62.3 cm³/mol. The smallest absolute Gasteiger partial charge is 0.237 e. The Hall–Kier alpha value is -0.610. The highest BCUT2D eigenvalue weighted by molar-refractivity contribution is 5.79. The second kappa shape index (κ2) is 5.15. The van der Waals surface area contributed by atoms with Gasteiger partial charge >= 0.3 is 0 Å². The van der Waals surface area contributed by atoms with E-state index in [2.05, 4.69) is 18.7 Å². The summed E-state index contributed by atoms with van der Waals surface area (Å²) < 4.78 is 5.35. The normalized spacial score (nSPS) is 25.4. The van der Waals surface area contributed by atoms with Gasteiger partial charge in [-0.2, -0.15) is 0 Å². The highest BCUT2D eigenvalue weighted by Gasteiger charge is 2.30. The number of piperazine rings is 1. The molecule has 4 nitrogen and oxygen atoms in total. The van der Waals surface area contributed by atoms with Crippen LogP contribution in [-0.2, 0) is 9.53 Å². The molecule has 1 amide bonds. The fourth-order valence-corrected chi connectivity index (χ4v) is 2.61. The Labute approximate surface area is 97.5 Å². The van der Waals surface area contributed by atoms with Crippen LogP contribution in [0.2, 0.25) is 0 Å². The standard InChI is InChI=1S/C12H22N2O2/c1-10(2)14-6-5-13(9-12(14)15)11-3-7-16-8-4-11/h10-11H,3-9H2,1-2H3. The van der Waals surface area contributed by atoms with Crippen LogP contribution in [0.1, 0.15) is 26.7 Å². The van der Waals surface area contributed by atoms with E-state index in [9.17, 15) is 4.79 Å². The van der Waals surface area contributed by atoms with Gasteiger partial charge in [0.2, 0.25) is 5.91 Å². The van der Waals surface area contributed by atoms with Crippen molar-refractivity contribution < 1.29 is 9.53 Å². The van der Waals surface area contributed by atoms with Crippen LogP contribution in [-0.4, -0.2) is 60.6 Å². The summed E-state index contributed by atoms with van der Waals surface area (Å²) in [4.78, 5) is 16.3. The maximum atomic E-state index is 11.9. The van der Waals surface area contributed by atoms with Crippen LogP contribution in [0.15, 0.2) is 0 Å². The third-order valence-electron chi connectivity index (χ3n) is 3.62. The van der Waals surface area contributed by atoms with Crippen LogP contribution < -0.4 is 0 Å². The van der Waals surface area contributed by atoms with Gasteiger partial charge in [-0.15, -0.1) is 0 Å². The maximum Gasteiger partial charge on any atom is 0.237 e. The Morgan fingerprint density at radius 3 is 2.50 bits per heavy atom. The summed E-state index contributed by atoms with van der Waals surface area (Å²) in [5.41, 5.74) is 0. The number of carbonyl (C=O) groups is 1. The van der Waals surface area contributed by atoms with Gasteiger partial charge in [0, 0.05) is 38.4 Å². The summed E-state index contributed by atoms with van der Waals surface area (Å²) in [5, 5.41) is 0. The van der Waals surface area contributed by atoms with Crippen molar-refractivity contribution in [2.75, 3.05) is 32.8 Å². The van der Waals surface area contributed by atoms with Crippen molar-refractivity contribution in [1.29, 1.82) is 0 Å². The van der Waals surface area contributed by atoms with Crippen LogP contribution in [0.4, 0.5) is 0 Å². The van der Waals surface area contributed by atoms with Gasteiger partial charge in [0.05, 0.1) is 6.54 Å². The molecule has 0 aromatic rings. The molecule has 0 N–H and O–H groups in total. The lowest BCUT2D eigenvalue weighted by atomic mass is 10.1. The Morgan fingerprint density at radius 1 is 1.25 bits per heavy atom. The number of ether oxygens (including phenoxy) is 1. The molecule has 0 radical (unpaired) electrons. The third-order valence-corrected chi connectivity index (χ3v) is 3.62. The highest BCUT2D eigenvalue weighted by atomic mass is 16.5. The molecule has 2 rings (SSSR count). The van der Waals surface area contributed by atoms with E-state index in [1.54, 1.807) is 0 Å². The largest absolute Gasteiger partial charge is 0.381 e. The SMILES string of the molecule is CC(C)N1CCN(C2CCOCC2)CC1=O. The first-order chi connectivity index (χ1) is 7.68. The molecule has 0 aliphatic carbocycles. The molecule has 2 aliphatic heterocycles. The Kier molecular flexibility index (Phi) is 3.82. The molecule has 0 atom stereocenters. The monoisotopic (exact) mass is 226 g/mol. The lowest BCUT2D eigenvalue weighted by Gasteiger charge is -2.41. The molecule has 4 heteroatoms. The number of hydrogen-bond acceptors (Lipinski definition) is 3.